The summed E-state index contributed by atoms with van der Waals surface area (Å²) in [7, 11) is 1.45. The Morgan fingerprint density at radius 2 is 1.96 bits per heavy atom. The van der Waals surface area contributed by atoms with Crippen LogP contribution < -0.4 is 11.0 Å². The van der Waals surface area contributed by atoms with Gasteiger partial charge in [0.2, 0.25) is 0 Å². The molecule has 0 bridgehead atoms. The fourth-order valence-electron chi connectivity index (χ4n) is 2.59. The second-order valence-electron chi connectivity index (χ2n) is 5.66. The van der Waals surface area contributed by atoms with Gasteiger partial charge in [-0.1, -0.05) is 17.7 Å². The number of aromatic nitrogens is 1. The Labute approximate surface area is 157 Å². The zero-order valence-corrected chi connectivity index (χ0v) is 14.7. The first-order chi connectivity index (χ1) is 12.8. The maximum Gasteiger partial charge on any atom is 0.280 e. The molecule has 0 spiro atoms. The highest BCUT2D eigenvalue weighted by atomic mass is 35.5. The van der Waals surface area contributed by atoms with Gasteiger partial charge in [0, 0.05) is 18.7 Å². The Balaban J connectivity index is 1.98. The van der Waals surface area contributed by atoms with Crippen LogP contribution >= 0.6 is 11.6 Å². The molecule has 0 radical (unpaired) electrons. The van der Waals surface area contributed by atoms with Crippen LogP contribution in [0.3, 0.4) is 0 Å². The van der Waals surface area contributed by atoms with E-state index < -0.39 is 22.8 Å². The highest BCUT2D eigenvalue weighted by molar-refractivity contribution is 6.36. The molecule has 9 heteroatoms. The molecular formula is C18H14ClN3O5. The number of carbonyl (C=O) groups is 1. The summed E-state index contributed by atoms with van der Waals surface area (Å²) >= 11 is 6.09. The molecule has 8 nitrogen and oxygen atoms in total. The van der Waals surface area contributed by atoms with Gasteiger partial charge in [-0.05, 0) is 24.3 Å². The third-order valence-electron chi connectivity index (χ3n) is 3.96. The first-order valence-corrected chi connectivity index (χ1v) is 8.04. The van der Waals surface area contributed by atoms with E-state index in [0.29, 0.717) is 5.52 Å². The zero-order chi connectivity index (χ0) is 19.7. The third kappa shape index (κ3) is 3.30. The van der Waals surface area contributed by atoms with Crippen molar-refractivity contribution < 1.29 is 20.1 Å². The average Bonchev–Trinajstić information content (AvgIpc) is 2.61. The van der Waals surface area contributed by atoms with E-state index in [0.717, 1.165) is 12.3 Å². The number of halogens is 1. The van der Waals surface area contributed by atoms with Gasteiger partial charge in [0.15, 0.2) is 0 Å². The monoisotopic (exact) mass is 387 g/mol. The lowest BCUT2D eigenvalue weighted by molar-refractivity contribution is 0.0950. The Morgan fingerprint density at radius 3 is 2.67 bits per heavy atom. The highest BCUT2D eigenvalue weighted by Gasteiger charge is 2.22. The molecule has 0 saturated heterocycles. The smallest absolute Gasteiger partial charge is 0.280 e. The summed E-state index contributed by atoms with van der Waals surface area (Å²) in [4.78, 5) is 24.8. The van der Waals surface area contributed by atoms with E-state index in [-0.39, 0.29) is 27.5 Å². The summed E-state index contributed by atoms with van der Waals surface area (Å²) in [5, 5.41) is 33.4. The summed E-state index contributed by atoms with van der Waals surface area (Å²) in [5.74, 6) is -1.86. The van der Waals surface area contributed by atoms with Gasteiger partial charge in [0.05, 0.1) is 22.1 Å². The Hall–Kier alpha value is -3.52. The highest BCUT2D eigenvalue weighted by Crippen LogP contribution is 2.32. The SMILES string of the molecule is Cn1c(=O)c(C(=O)N/N=C\c2ccc(O)cc2O)c(O)c2c(Cl)cccc21. The average molecular weight is 388 g/mol. The molecule has 3 rings (SSSR count). The van der Waals surface area contributed by atoms with Crippen molar-refractivity contribution in [2.24, 2.45) is 12.1 Å². The minimum Gasteiger partial charge on any atom is -0.508 e. The fraction of sp³-hybridized carbons (Fsp3) is 0.0556. The molecule has 0 fully saturated rings. The van der Waals surface area contributed by atoms with Crippen molar-refractivity contribution in [1.82, 2.24) is 9.99 Å². The molecule has 0 unspecified atom stereocenters. The van der Waals surface area contributed by atoms with Crippen LogP contribution in [0.4, 0.5) is 0 Å². The van der Waals surface area contributed by atoms with Crippen molar-refractivity contribution in [3.8, 4) is 17.2 Å². The lowest BCUT2D eigenvalue weighted by Crippen LogP contribution is -2.30. The summed E-state index contributed by atoms with van der Waals surface area (Å²) < 4.78 is 1.20. The number of carbonyl (C=O) groups excluding carboxylic acids is 1. The van der Waals surface area contributed by atoms with Gasteiger partial charge in [-0.2, -0.15) is 5.10 Å². The maximum atomic E-state index is 12.5. The molecule has 2 aromatic carbocycles. The number of benzene rings is 2. The van der Waals surface area contributed by atoms with E-state index in [9.17, 15) is 24.9 Å². The fourth-order valence-corrected chi connectivity index (χ4v) is 2.85. The number of hydrogen-bond donors (Lipinski definition) is 4. The van der Waals surface area contributed by atoms with Crippen LogP contribution in [0.1, 0.15) is 15.9 Å². The van der Waals surface area contributed by atoms with E-state index in [2.05, 4.69) is 10.5 Å². The number of phenols is 2. The Kier molecular flexibility index (Phi) is 4.74. The van der Waals surface area contributed by atoms with E-state index in [4.69, 9.17) is 11.6 Å². The maximum absolute atomic E-state index is 12.5. The number of aromatic hydroxyl groups is 3. The van der Waals surface area contributed by atoms with Crippen molar-refractivity contribution >= 4 is 34.6 Å². The van der Waals surface area contributed by atoms with Gasteiger partial charge < -0.3 is 19.9 Å². The molecule has 1 amide bonds. The number of pyridine rings is 1. The van der Waals surface area contributed by atoms with E-state index in [1.807, 2.05) is 0 Å². The number of nitrogens with one attached hydrogen (secondary N) is 1. The van der Waals surface area contributed by atoms with Crippen molar-refractivity contribution in [2.75, 3.05) is 0 Å². The molecule has 1 heterocycles. The lowest BCUT2D eigenvalue weighted by atomic mass is 10.1. The number of phenolic OH excluding ortho intramolecular Hbond substituents is 2. The van der Waals surface area contributed by atoms with Gasteiger partial charge in [0.1, 0.15) is 22.8 Å². The van der Waals surface area contributed by atoms with Crippen molar-refractivity contribution in [3.63, 3.8) is 0 Å². The van der Waals surface area contributed by atoms with Crippen LogP contribution in [-0.4, -0.2) is 32.0 Å². The summed E-state index contributed by atoms with van der Waals surface area (Å²) in [6.07, 6.45) is 1.13. The van der Waals surface area contributed by atoms with E-state index >= 15 is 0 Å². The molecule has 0 atom stereocenters. The topological polar surface area (TPSA) is 124 Å². The molecule has 0 aliphatic heterocycles. The first kappa shape index (κ1) is 18.3. The Bertz CT molecular complexity index is 1150. The van der Waals surface area contributed by atoms with Crippen molar-refractivity contribution in [2.45, 2.75) is 0 Å². The number of hydrazone groups is 1. The molecule has 27 heavy (non-hydrogen) atoms. The van der Waals surface area contributed by atoms with Crippen LogP contribution in [0.15, 0.2) is 46.3 Å². The second-order valence-corrected chi connectivity index (χ2v) is 6.07. The Morgan fingerprint density at radius 1 is 1.22 bits per heavy atom. The van der Waals surface area contributed by atoms with Gasteiger partial charge >= 0.3 is 0 Å². The van der Waals surface area contributed by atoms with Crippen molar-refractivity contribution in [3.05, 3.63) is 62.9 Å². The van der Waals surface area contributed by atoms with Gasteiger partial charge in [-0.3, -0.25) is 9.59 Å². The number of nitrogens with zero attached hydrogens (tertiary/aromatic N) is 2. The predicted octanol–water partition coefficient (Wildman–Crippen LogP) is 2.07. The summed E-state index contributed by atoms with van der Waals surface area (Å²) in [6.45, 7) is 0. The zero-order valence-electron chi connectivity index (χ0n) is 14.0. The lowest BCUT2D eigenvalue weighted by Gasteiger charge is -2.11. The van der Waals surface area contributed by atoms with Crippen LogP contribution in [0.2, 0.25) is 5.02 Å². The standard InChI is InChI=1S/C18H14ClN3O5/c1-22-12-4-2-3-11(19)14(12)16(25)15(18(22)27)17(26)21-20-8-9-5-6-10(23)7-13(9)24/h2-8,23-25H,1H3,(H,21,26)/b20-8-. The minimum atomic E-state index is -0.940. The van der Waals surface area contributed by atoms with Gasteiger partial charge in [0.25, 0.3) is 11.5 Å². The molecule has 0 saturated carbocycles. The normalized spacial score (nSPS) is 11.2. The number of fused-ring (bicyclic) bond motifs is 1. The molecule has 138 valence electrons. The largest absolute Gasteiger partial charge is 0.508 e. The van der Waals surface area contributed by atoms with E-state index in [1.165, 1.54) is 29.8 Å². The van der Waals surface area contributed by atoms with E-state index in [1.54, 1.807) is 12.1 Å². The number of hydrogen-bond acceptors (Lipinski definition) is 6. The first-order valence-electron chi connectivity index (χ1n) is 7.67. The van der Waals surface area contributed by atoms with Crippen molar-refractivity contribution in [1.29, 1.82) is 0 Å². The second kappa shape index (κ2) is 7.00. The molecule has 0 aliphatic rings. The molecule has 3 aromatic rings. The summed E-state index contributed by atoms with van der Waals surface area (Å²) in [6, 6.07) is 8.56. The van der Waals surface area contributed by atoms with Gasteiger partial charge in [-0.15, -0.1) is 0 Å². The number of rotatable bonds is 3. The van der Waals surface area contributed by atoms with Crippen LogP contribution in [0.5, 0.6) is 17.2 Å². The quantitative estimate of drug-likeness (QED) is 0.404. The molecule has 1 aromatic heterocycles. The van der Waals surface area contributed by atoms with Crippen LogP contribution in [-0.2, 0) is 7.05 Å². The minimum absolute atomic E-state index is 0.129. The number of amides is 1. The summed E-state index contributed by atoms with van der Waals surface area (Å²) in [5.41, 5.74) is 1.50. The molecular weight excluding hydrogens is 374 g/mol. The van der Waals surface area contributed by atoms with Crippen LogP contribution in [0, 0.1) is 0 Å². The molecule has 0 aliphatic carbocycles. The predicted molar refractivity (Wildman–Crippen MR) is 101 cm³/mol. The third-order valence-corrected chi connectivity index (χ3v) is 4.27. The van der Waals surface area contributed by atoms with Gasteiger partial charge in [-0.25, -0.2) is 5.43 Å². The molecule has 4 N–H and O–H groups in total. The number of aryl methyl sites for hydroxylation is 1. The van der Waals surface area contributed by atoms with Crippen LogP contribution in [0.25, 0.3) is 10.9 Å².